The number of hydrogen-bond donors (Lipinski definition) is 2. The first-order valence-electron chi connectivity index (χ1n) is 6.04. The number of nitro groups is 1. The van der Waals surface area contributed by atoms with E-state index in [4.69, 9.17) is 0 Å². The van der Waals surface area contributed by atoms with Gasteiger partial charge in [0.15, 0.2) is 0 Å². The lowest BCUT2D eigenvalue weighted by atomic mass is 10.2. The summed E-state index contributed by atoms with van der Waals surface area (Å²) in [5.74, 6) is -0.733. The lowest BCUT2D eigenvalue weighted by Gasteiger charge is -2.03. The molecule has 0 aliphatic carbocycles. The van der Waals surface area contributed by atoms with Crippen molar-refractivity contribution in [2.45, 2.75) is 0 Å². The molecular formula is C14H10BrN3O4. The van der Waals surface area contributed by atoms with Gasteiger partial charge in [0, 0.05) is 16.6 Å². The Bertz CT molecular complexity index is 744. The molecule has 0 spiro atoms. The first-order chi connectivity index (χ1) is 10.5. The van der Waals surface area contributed by atoms with Crippen LogP contribution in [-0.2, 0) is 0 Å². The molecule has 0 unspecified atom stereocenters. The third-order valence-corrected chi connectivity index (χ3v) is 3.18. The van der Waals surface area contributed by atoms with Gasteiger partial charge in [0.05, 0.1) is 16.7 Å². The van der Waals surface area contributed by atoms with Gasteiger partial charge in [0.1, 0.15) is 5.75 Å². The number of nitrogens with zero attached hydrogens (tertiary/aromatic N) is 2. The summed E-state index contributed by atoms with van der Waals surface area (Å²) >= 11 is 3.20. The van der Waals surface area contributed by atoms with Gasteiger partial charge in [-0.2, -0.15) is 5.10 Å². The van der Waals surface area contributed by atoms with E-state index in [1.54, 1.807) is 6.07 Å². The molecule has 0 fully saturated rings. The Hall–Kier alpha value is -2.74. The van der Waals surface area contributed by atoms with Gasteiger partial charge >= 0.3 is 0 Å². The van der Waals surface area contributed by atoms with E-state index in [1.807, 2.05) is 0 Å². The monoisotopic (exact) mass is 363 g/mol. The molecule has 1 amide bonds. The average Bonchev–Trinajstić information content (AvgIpc) is 2.50. The summed E-state index contributed by atoms with van der Waals surface area (Å²) < 4.78 is 0.648. The topological polar surface area (TPSA) is 105 Å². The fraction of sp³-hybridized carbons (Fsp3) is 0. The number of phenolic OH excluding ortho intramolecular Hbond substituents is 1. The number of rotatable bonds is 4. The van der Waals surface area contributed by atoms with Crippen LogP contribution in [0.4, 0.5) is 5.69 Å². The van der Waals surface area contributed by atoms with Gasteiger partial charge in [0.2, 0.25) is 0 Å². The SMILES string of the molecule is O=C(NN=Cc1ccc([N+](=O)[O-])cc1)c1cc(Br)ccc1O. The van der Waals surface area contributed by atoms with Gasteiger partial charge in [-0.25, -0.2) is 5.43 Å². The summed E-state index contributed by atoms with van der Waals surface area (Å²) in [5.41, 5.74) is 2.91. The van der Waals surface area contributed by atoms with Crippen LogP contribution >= 0.6 is 15.9 Å². The molecule has 22 heavy (non-hydrogen) atoms. The molecule has 2 rings (SSSR count). The minimum absolute atomic E-state index is 0.0276. The quantitative estimate of drug-likeness (QED) is 0.494. The number of carbonyl (C=O) groups excluding carboxylic acids is 1. The number of nitro benzene ring substituents is 1. The second-order valence-electron chi connectivity index (χ2n) is 4.21. The lowest BCUT2D eigenvalue weighted by Crippen LogP contribution is -2.17. The van der Waals surface area contributed by atoms with Crippen LogP contribution in [0.15, 0.2) is 52.0 Å². The van der Waals surface area contributed by atoms with E-state index >= 15 is 0 Å². The predicted octanol–water partition coefficient (Wildman–Crippen LogP) is 2.83. The minimum atomic E-state index is -0.572. The highest BCUT2D eigenvalue weighted by Gasteiger charge is 2.10. The van der Waals surface area contributed by atoms with E-state index in [0.29, 0.717) is 10.0 Å². The molecule has 0 radical (unpaired) electrons. The number of halogens is 1. The van der Waals surface area contributed by atoms with Crippen LogP contribution in [0.25, 0.3) is 0 Å². The van der Waals surface area contributed by atoms with Gasteiger partial charge in [-0.1, -0.05) is 15.9 Å². The summed E-state index contributed by atoms with van der Waals surface area (Å²) in [6, 6.07) is 10.1. The molecule has 0 saturated carbocycles. The molecule has 2 aromatic carbocycles. The van der Waals surface area contributed by atoms with Crippen molar-refractivity contribution >= 4 is 33.7 Å². The molecule has 0 aromatic heterocycles. The fourth-order valence-electron chi connectivity index (χ4n) is 1.60. The van der Waals surface area contributed by atoms with Crippen molar-refractivity contribution in [3.63, 3.8) is 0 Å². The molecule has 112 valence electrons. The minimum Gasteiger partial charge on any atom is -0.507 e. The van der Waals surface area contributed by atoms with Crippen molar-refractivity contribution in [3.05, 3.63) is 68.2 Å². The van der Waals surface area contributed by atoms with E-state index in [9.17, 15) is 20.0 Å². The largest absolute Gasteiger partial charge is 0.507 e. The van der Waals surface area contributed by atoms with Gasteiger partial charge in [0.25, 0.3) is 11.6 Å². The maximum Gasteiger partial charge on any atom is 0.275 e. The third kappa shape index (κ3) is 3.89. The predicted molar refractivity (Wildman–Crippen MR) is 84.0 cm³/mol. The van der Waals surface area contributed by atoms with Gasteiger partial charge in [-0.3, -0.25) is 14.9 Å². The lowest BCUT2D eigenvalue weighted by molar-refractivity contribution is -0.384. The molecule has 2 aromatic rings. The summed E-state index contributed by atoms with van der Waals surface area (Å²) in [5, 5.41) is 23.9. The highest BCUT2D eigenvalue weighted by molar-refractivity contribution is 9.10. The Morgan fingerprint density at radius 3 is 2.59 bits per heavy atom. The van der Waals surface area contributed by atoms with E-state index in [0.717, 1.165) is 0 Å². The van der Waals surface area contributed by atoms with Crippen molar-refractivity contribution in [2.24, 2.45) is 5.10 Å². The van der Waals surface area contributed by atoms with E-state index in [1.165, 1.54) is 42.6 Å². The van der Waals surface area contributed by atoms with Gasteiger partial charge < -0.3 is 5.11 Å². The number of aromatic hydroxyl groups is 1. The highest BCUT2D eigenvalue weighted by atomic mass is 79.9. The fourth-order valence-corrected chi connectivity index (χ4v) is 1.96. The zero-order valence-corrected chi connectivity index (χ0v) is 12.6. The third-order valence-electron chi connectivity index (χ3n) is 2.69. The van der Waals surface area contributed by atoms with Crippen molar-refractivity contribution in [1.29, 1.82) is 0 Å². The van der Waals surface area contributed by atoms with Crippen molar-refractivity contribution in [3.8, 4) is 5.75 Å². The maximum atomic E-state index is 11.9. The number of carbonyl (C=O) groups is 1. The summed E-state index contributed by atoms with van der Waals surface area (Å²) in [6.07, 6.45) is 1.34. The average molecular weight is 364 g/mol. The molecule has 0 bridgehead atoms. The van der Waals surface area contributed by atoms with E-state index in [2.05, 4.69) is 26.5 Å². The number of phenols is 1. The smallest absolute Gasteiger partial charge is 0.275 e. The van der Waals surface area contributed by atoms with E-state index in [-0.39, 0.29) is 17.0 Å². The number of nitrogens with one attached hydrogen (secondary N) is 1. The zero-order valence-electron chi connectivity index (χ0n) is 11.1. The van der Waals surface area contributed by atoms with Gasteiger partial charge in [-0.05, 0) is 35.9 Å². The van der Waals surface area contributed by atoms with Crippen LogP contribution in [0.5, 0.6) is 5.75 Å². The van der Waals surface area contributed by atoms with Crippen LogP contribution in [0.2, 0.25) is 0 Å². The summed E-state index contributed by atoms with van der Waals surface area (Å²) in [6.45, 7) is 0. The molecule has 7 nitrogen and oxygen atoms in total. The Kier molecular flexibility index (Phi) is 4.84. The van der Waals surface area contributed by atoms with Crippen molar-refractivity contribution in [1.82, 2.24) is 5.43 Å². The Balaban J connectivity index is 2.04. The van der Waals surface area contributed by atoms with Crippen LogP contribution in [-0.4, -0.2) is 22.2 Å². The van der Waals surface area contributed by atoms with Crippen LogP contribution in [0.3, 0.4) is 0 Å². The maximum absolute atomic E-state index is 11.9. The standard InChI is InChI=1S/C14H10BrN3O4/c15-10-3-6-13(19)12(7-10)14(20)17-16-8-9-1-4-11(5-2-9)18(21)22/h1-8,19H,(H,17,20). The second kappa shape index (κ2) is 6.81. The Morgan fingerprint density at radius 1 is 1.27 bits per heavy atom. The number of non-ortho nitro benzene ring substituents is 1. The number of amides is 1. The van der Waals surface area contributed by atoms with Gasteiger partial charge in [-0.15, -0.1) is 0 Å². The molecule has 0 aliphatic rings. The first kappa shape index (κ1) is 15.6. The Labute approximate surface area is 133 Å². The molecule has 0 heterocycles. The number of benzene rings is 2. The van der Waals surface area contributed by atoms with Crippen molar-refractivity contribution in [2.75, 3.05) is 0 Å². The number of hydrogen-bond acceptors (Lipinski definition) is 5. The Morgan fingerprint density at radius 2 is 1.95 bits per heavy atom. The zero-order chi connectivity index (χ0) is 16.1. The van der Waals surface area contributed by atoms with Crippen molar-refractivity contribution < 1.29 is 14.8 Å². The number of hydrazone groups is 1. The molecule has 0 aliphatic heterocycles. The van der Waals surface area contributed by atoms with Crippen LogP contribution < -0.4 is 5.43 Å². The van der Waals surface area contributed by atoms with Crippen LogP contribution in [0.1, 0.15) is 15.9 Å². The summed E-state index contributed by atoms with van der Waals surface area (Å²) in [7, 11) is 0. The molecular weight excluding hydrogens is 354 g/mol. The molecule has 0 saturated heterocycles. The molecule has 0 atom stereocenters. The highest BCUT2D eigenvalue weighted by Crippen LogP contribution is 2.21. The van der Waals surface area contributed by atoms with Crippen LogP contribution in [0, 0.1) is 10.1 Å². The molecule has 8 heteroatoms. The molecule has 2 N–H and O–H groups in total. The second-order valence-corrected chi connectivity index (χ2v) is 5.12. The van der Waals surface area contributed by atoms with E-state index < -0.39 is 10.8 Å². The first-order valence-corrected chi connectivity index (χ1v) is 6.83. The normalized spacial score (nSPS) is 10.6. The summed E-state index contributed by atoms with van der Waals surface area (Å²) in [4.78, 5) is 21.9.